The molecule has 114 valence electrons. The van der Waals surface area contributed by atoms with E-state index in [0.717, 1.165) is 24.3 Å². The molecule has 0 bridgehead atoms. The fourth-order valence-electron chi connectivity index (χ4n) is 2.28. The molecular weight excluding hydrogens is 283 g/mol. The van der Waals surface area contributed by atoms with Crippen molar-refractivity contribution < 1.29 is 4.39 Å². The van der Waals surface area contributed by atoms with E-state index in [9.17, 15) is 4.39 Å². The zero-order valence-corrected chi connectivity index (χ0v) is 13.7. The SMILES string of the molecule is CCN(Cc1cccs1)c1cccc(F)c1CNC(C)C. The summed E-state index contributed by atoms with van der Waals surface area (Å²) < 4.78 is 14.2. The van der Waals surface area contributed by atoms with Crippen LogP contribution >= 0.6 is 11.3 Å². The van der Waals surface area contributed by atoms with Gasteiger partial charge in [0.15, 0.2) is 0 Å². The molecule has 0 aliphatic heterocycles. The lowest BCUT2D eigenvalue weighted by Gasteiger charge is -2.26. The summed E-state index contributed by atoms with van der Waals surface area (Å²) in [7, 11) is 0. The first-order chi connectivity index (χ1) is 10.1. The van der Waals surface area contributed by atoms with E-state index >= 15 is 0 Å². The highest BCUT2D eigenvalue weighted by molar-refractivity contribution is 7.09. The third-order valence-electron chi connectivity index (χ3n) is 3.43. The summed E-state index contributed by atoms with van der Waals surface area (Å²) in [5.74, 6) is -0.134. The van der Waals surface area contributed by atoms with E-state index in [1.807, 2.05) is 6.07 Å². The van der Waals surface area contributed by atoms with Crippen molar-refractivity contribution in [1.29, 1.82) is 0 Å². The average Bonchev–Trinajstić information content (AvgIpc) is 2.96. The number of hydrogen-bond donors (Lipinski definition) is 1. The molecule has 0 amide bonds. The smallest absolute Gasteiger partial charge is 0.129 e. The Hall–Kier alpha value is -1.39. The maximum atomic E-state index is 14.2. The summed E-state index contributed by atoms with van der Waals surface area (Å²) in [5.41, 5.74) is 1.74. The largest absolute Gasteiger partial charge is 0.366 e. The summed E-state index contributed by atoms with van der Waals surface area (Å²) in [6.45, 7) is 8.49. The molecule has 21 heavy (non-hydrogen) atoms. The van der Waals surface area contributed by atoms with Crippen molar-refractivity contribution in [2.24, 2.45) is 0 Å². The number of benzene rings is 1. The van der Waals surface area contributed by atoms with Gasteiger partial charge in [0.2, 0.25) is 0 Å². The minimum Gasteiger partial charge on any atom is -0.366 e. The van der Waals surface area contributed by atoms with Crippen molar-refractivity contribution in [3.05, 3.63) is 52.0 Å². The maximum Gasteiger partial charge on any atom is 0.129 e. The molecular formula is C17H23FN2S. The zero-order valence-electron chi connectivity index (χ0n) is 12.9. The van der Waals surface area contributed by atoms with Crippen molar-refractivity contribution >= 4 is 17.0 Å². The maximum absolute atomic E-state index is 14.2. The second-order valence-corrected chi connectivity index (χ2v) is 6.40. The quantitative estimate of drug-likeness (QED) is 0.815. The minimum atomic E-state index is -0.134. The van der Waals surface area contributed by atoms with E-state index in [1.54, 1.807) is 23.5 Å². The van der Waals surface area contributed by atoms with Crippen LogP contribution < -0.4 is 10.2 Å². The van der Waals surface area contributed by atoms with Gasteiger partial charge in [-0.05, 0) is 30.5 Å². The van der Waals surface area contributed by atoms with Crippen molar-refractivity contribution in [2.75, 3.05) is 11.4 Å². The number of anilines is 1. The molecule has 0 radical (unpaired) electrons. The lowest BCUT2D eigenvalue weighted by Crippen LogP contribution is -2.27. The molecule has 2 aromatic rings. The molecule has 4 heteroatoms. The average molecular weight is 306 g/mol. The summed E-state index contributed by atoms with van der Waals surface area (Å²) in [6.07, 6.45) is 0. The summed E-state index contributed by atoms with van der Waals surface area (Å²) in [4.78, 5) is 3.52. The Morgan fingerprint density at radius 3 is 2.67 bits per heavy atom. The van der Waals surface area contributed by atoms with Crippen molar-refractivity contribution in [3.63, 3.8) is 0 Å². The molecule has 0 saturated heterocycles. The molecule has 1 aromatic heterocycles. The summed E-state index contributed by atoms with van der Waals surface area (Å²) in [6, 6.07) is 9.86. The predicted molar refractivity (Wildman–Crippen MR) is 89.4 cm³/mol. The number of rotatable bonds is 7. The van der Waals surface area contributed by atoms with Gasteiger partial charge >= 0.3 is 0 Å². The Morgan fingerprint density at radius 1 is 1.24 bits per heavy atom. The van der Waals surface area contributed by atoms with Crippen molar-refractivity contribution in [1.82, 2.24) is 5.32 Å². The number of hydrogen-bond acceptors (Lipinski definition) is 3. The van der Waals surface area contributed by atoms with Crippen LogP contribution in [0.2, 0.25) is 0 Å². The van der Waals surface area contributed by atoms with E-state index in [1.165, 1.54) is 4.88 Å². The van der Waals surface area contributed by atoms with Crippen molar-refractivity contribution in [3.8, 4) is 0 Å². The second-order valence-electron chi connectivity index (χ2n) is 5.37. The molecule has 0 fully saturated rings. The van der Waals surface area contributed by atoms with Crippen molar-refractivity contribution in [2.45, 2.75) is 39.9 Å². The summed E-state index contributed by atoms with van der Waals surface area (Å²) in [5, 5.41) is 5.40. The fourth-order valence-corrected chi connectivity index (χ4v) is 3.00. The first kappa shape index (κ1) is 16.0. The van der Waals surface area contributed by atoms with Crippen LogP contribution in [0.1, 0.15) is 31.2 Å². The molecule has 1 aromatic carbocycles. The van der Waals surface area contributed by atoms with Crippen LogP contribution in [0.3, 0.4) is 0 Å². The second kappa shape index (κ2) is 7.57. The summed E-state index contributed by atoms with van der Waals surface area (Å²) >= 11 is 1.74. The molecule has 0 unspecified atom stereocenters. The monoisotopic (exact) mass is 306 g/mol. The van der Waals surface area contributed by atoms with Crippen LogP contribution in [0, 0.1) is 5.82 Å². The van der Waals surface area contributed by atoms with E-state index in [2.05, 4.69) is 48.5 Å². The molecule has 1 heterocycles. The molecule has 2 rings (SSSR count). The number of nitrogens with one attached hydrogen (secondary N) is 1. The van der Waals surface area contributed by atoms with Gasteiger partial charge < -0.3 is 10.2 Å². The van der Waals surface area contributed by atoms with Gasteiger partial charge in [0.25, 0.3) is 0 Å². The van der Waals surface area contributed by atoms with Crippen LogP contribution in [-0.4, -0.2) is 12.6 Å². The van der Waals surface area contributed by atoms with Gasteiger partial charge in [-0.2, -0.15) is 0 Å². The van der Waals surface area contributed by atoms with Gasteiger partial charge in [-0.15, -0.1) is 11.3 Å². The van der Waals surface area contributed by atoms with Crippen LogP contribution in [-0.2, 0) is 13.1 Å². The van der Waals surface area contributed by atoms with E-state index in [0.29, 0.717) is 12.6 Å². The van der Waals surface area contributed by atoms with Gasteiger partial charge in [0, 0.05) is 35.3 Å². The Labute approximate surface area is 130 Å². The highest BCUT2D eigenvalue weighted by atomic mass is 32.1. The molecule has 0 atom stereocenters. The molecule has 0 aliphatic rings. The van der Waals surface area contributed by atoms with E-state index in [-0.39, 0.29) is 5.82 Å². The third kappa shape index (κ3) is 4.29. The third-order valence-corrected chi connectivity index (χ3v) is 4.29. The number of thiophene rings is 1. The normalized spacial score (nSPS) is 11.1. The molecule has 0 spiro atoms. The highest BCUT2D eigenvalue weighted by Gasteiger charge is 2.14. The molecule has 0 saturated carbocycles. The van der Waals surface area contributed by atoms with Gasteiger partial charge in [0.1, 0.15) is 5.82 Å². The van der Waals surface area contributed by atoms with E-state index in [4.69, 9.17) is 0 Å². The lowest BCUT2D eigenvalue weighted by molar-refractivity contribution is 0.552. The Morgan fingerprint density at radius 2 is 2.05 bits per heavy atom. The van der Waals surface area contributed by atoms with Crippen LogP contribution in [0.4, 0.5) is 10.1 Å². The first-order valence-corrected chi connectivity index (χ1v) is 8.28. The van der Waals surface area contributed by atoms with Crippen LogP contribution in [0.25, 0.3) is 0 Å². The lowest BCUT2D eigenvalue weighted by atomic mass is 10.1. The first-order valence-electron chi connectivity index (χ1n) is 7.40. The van der Waals surface area contributed by atoms with Gasteiger partial charge in [-0.25, -0.2) is 4.39 Å². The standard InChI is InChI=1S/C17H23FN2S/c1-4-20(12-14-7-6-10-21-14)17-9-5-8-16(18)15(17)11-19-13(2)3/h5-10,13,19H,4,11-12H2,1-3H3. The topological polar surface area (TPSA) is 15.3 Å². The fraction of sp³-hybridized carbons (Fsp3) is 0.412. The Kier molecular flexibility index (Phi) is 5.76. The predicted octanol–water partition coefficient (Wildman–Crippen LogP) is 4.41. The number of nitrogens with zero attached hydrogens (tertiary/aromatic N) is 1. The van der Waals surface area contributed by atoms with Gasteiger partial charge in [-0.1, -0.05) is 26.0 Å². The van der Waals surface area contributed by atoms with E-state index < -0.39 is 0 Å². The Balaban J connectivity index is 2.25. The van der Waals surface area contributed by atoms with Crippen LogP contribution in [0.5, 0.6) is 0 Å². The van der Waals surface area contributed by atoms with Gasteiger partial charge in [-0.3, -0.25) is 0 Å². The minimum absolute atomic E-state index is 0.134. The van der Waals surface area contributed by atoms with Crippen LogP contribution in [0.15, 0.2) is 35.7 Å². The van der Waals surface area contributed by atoms with Gasteiger partial charge in [0.05, 0.1) is 6.54 Å². The highest BCUT2D eigenvalue weighted by Crippen LogP contribution is 2.26. The molecule has 2 nitrogen and oxygen atoms in total. The number of halogens is 1. The molecule has 1 N–H and O–H groups in total. The molecule has 0 aliphatic carbocycles. The zero-order chi connectivity index (χ0) is 15.2. The Bertz CT molecular complexity index is 552.